The first kappa shape index (κ1) is 21.2. The summed E-state index contributed by atoms with van der Waals surface area (Å²) in [4.78, 5) is 25.3. The predicted octanol–water partition coefficient (Wildman–Crippen LogP) is 3.97. The Morgan fingerprint density at radius 3 is 2.27 bits per heavy atom. The molecule has 0 saturated heterocycles. The van der Waals surface area contributed by atoms with Crippen LogP contribution in [0.1, 0.15) is 33.1 Å². The zero-order chi connectivity index (χ0) is 21.5. The molecule has 2 N–H and O–H groups in total. The third kappa shape index (κ3) is 5.08. The topological polar surface area (TPSA) is 58.2 Å². The Labute approximate surface area is 173 Å². The standard InChI is InChI=1S/C24H22F2N2O2/c1-27-24(30)22(18-13-14-20(25)21(26)15-18)28-23(29)19-10-6-5-9-17(19)12-11-16-7-3-2-4-8-16/h2-10,13-15,22H,11-12H2,1H3,(H,27,30)(H,28,29). The summed E-state index contributed by atoms with van der Waals surface area (Å²) in [5.74, 6) is -3.10. The van der Waals surface area contributed by atoms with Crippen molar-refractivity contribution in [2.45, 2.75) is 18.9 Å². The number of halogens is 2. The maximum atomic E-state index is 13.7. The van der Waals surface area contributed by atoms with Crippen LogP contribution in [0.5, 0.6) is 0 Å². The summed E-state index contributed by atoms with van der Waals surface area (Å²) in [6, 6.07) is 19.0. The van der Waals surface area contributed by atoms with Gasteiger partial charge in [-0.15, -0.1) is 0 Å². The molecule has 0 aliphatic rings. The maximum absolute atomic E-state index is 13.7. The van der Waals surface area contributed by atoms with Crippen LogP contribution >= 0.6 is 0 Å². The molecule has 0 aliphatic carbocycles. The van der Waals surface area contributed by atoms with Crippen LogP contribution in [0.25, 0.3) is 0 Å². The first-order valence-electron chi connectivity index (χ1n) is 9.59. The third-order valence-electron chi connectivity index (χ3n) is 4.85. The van der Waals surface area contributed by atoms with Gasteiger partial charge in [-0.2, -0.15) is 0 Å². The van der Waals surface area contributed by atoms with Crippen LogP contribution in [0.3, 0.4) is 0 Å². The number of rotatable bonds is 7. The first-order chi connectivity index (χ1) is 14.5. The zero-order valence-corrected chi connectivity index (χ0v) is 16.5. The summed E-state index contributed by atoms with van der Waals surface area (Å²) in [6.07, 6.45) is 1.40. The highest BCUT2D eigenvalue weighted by molar-refractivity contribution is 5.99. The van der Waals surface area contributed by atoms with Crippen LogP contribution in [0.2, 0.25) is 0 Å². The van der Waals surface area contributed by atoms with Crippen molar-refractivity contribution in [1.29, 1.82) is 0 Å². The lowest BCUT2D eigenvalue weighted by Gasteiger charge is -2.19. The van der Waals surface area contributed by atoms with Crippen molar-refractivity contribution in [1.82, 2.24) is 10.6 Å². The van der Waals surface area contributed by atoms with Gasteiger partial charge in [-0.05, 0) is 47.7 Å². The van der Waals surface area contributed by atoms with Crippen molar-refractivity contribution in [3.05, 3.63) is 107 Å². The van der Waals surface area contributed by atoms with E-state index in [1.807, 2.05) is 42.5 Å². The second-order valence-electron chi connectivity index (χ2n) is 6.84. The molecule has 2 amide bonds. The molecule has 3 rings (SSSR count). The molecule has 0 fully saturated rings. The average Bonchev–Trinajstić information content (AvgIpc) is 2.78. The minimum Gasteiger partial charge on any atom is -0.357 e. The summed E-state index contributed by atoms with van der Waals surface area (Å²) in [7, 11) is 1.41. The lowest BCUT2D eigenvalue weighted by atomic mass is 9.98. The van der Waals surface area contributed by atoms with Gasteiger partial charge in [-0.3, -0.25) is 9.59 Å². The van der Waals surface area contributed by atoms with Crippen LogP contribution < -0.4 is 10.6 Å². The van der Waals surface area contributed by atoms with Crippen molar-refractivity contribution in [3.8, 4) is 0 Å². The molecular weight excluding hydrogens is 386 g/mol. The molecule has 154 valence electrons. The monoisotopic (exact) mass is 408 g/mol. The molecule has 3 aromatic carbocycles. The molecule has 0 saturated carbocycles. The smallest absolute Gasteiger partial charge is 0.252 e. The Kier molecular flexibility index (Phi) is 6.91. The van der Waals surface area contributed by atoms with Crippen LogP contribution in [-0.2, 0) is 17.6 Å². The van der Waals surface area contributed by atoms with Gasteiger partial charge in [0, 0.05) is 12.6 Å². The van der Waals surface area contributed by atoms with E-state index in [0.717, 1.165) is 29.7 Å². The molecule has 0 aromatic heterocycles. The van der Waals surface area contributed by atoms with E-state index in [2.05, 4.69) is 10.6 Å². The highest BCUT2D eigenvalue weighted by Gasteiger charge is 2.24. The number of aryl methyl sites for hydroxylation is 2. The zero-order valence-electron chi connectivity index (χ0n) is 16.5. The molecule has 30 heavy (non-hydrogen) atoms. The third-order valence-corrected chi connectivity index (χ3v) is 4.85. The fraction of sp³-hybridized carbons (Fsp3) is 0.167. The normalized spacial score (nSPS) is 11.6. The Morgan fingerprint density at radius 2 is 1.57 bits per heavy atom. The van der Waals surface area contributed by atoms with E-state index in [0.29, 0.717) is 12.0 Å². The summed E-state index contributed by atoms with van der Waals surface area (Å²) in [5.41, 5.74) is 2.57. The highest BCUT2D eigenvalue weighted by atomic mass is 19.2. The molecular formula is C24H22F2N2O2. The number of likely N-dealkylation sites (N-methyl/N-ethyl adjacent to an activating group) is 1. The molecule has 1 atom stereocenters. The minimum atomic E-state index is -1.15. The fourth-order valence-corrected chi connectivity index (χ4v) is 3.23. The van der Waals surface area contributed by atoms with Crippen molar-refractivity contribution < 1.29 is 18.4 Å². The van der Waals surface area contributed by atoms with Crippen molar-refractivity contribution in [2.75, 3.05) is 7.05 Å². The SMILES string of the molecule is CNC(=O)C(NC(=O)c1ccccc1CCc1ccccc1)c1ccc(F)c(F)c1. The van der Waals surface area contributed by atoms with Crippen molar-refractivity contribution in [3.63, 3.8) is 0 Å². The maximum Gasteiger partial charge on any atom is 0.252 e. The van der Waals surface area contributed by atoms with Crippen molar-refractivity contribution in [2.24, 2.45) is 0 Å². The first-order valence-corrected chi connectivity index (χ1v) is 9.59. The van der Waals surface area contributed by atoms with Gasteiger partial charge in [0.2, 0.25) is 5.91 Å². The van der Waals surface area contributed by atoms with E-state index in [9.17, 15) is 18.4 Å². The van der Waals surface area contributed by atoms with Gasteiger partial charge in [0.25, 0.3) is 5.91 Å². The molecule has 3 aromatic rings. The van der Waals surface area contributed by atoms with E-state index in [-0.39, 0.29) is 5.56 Å². The van der Waals surface area contributed by atoms with E-state index < -0.39 is 29.5 Å². The quantitative estimate of drug-likeness (QED) is 0.622. The summed E-state index contributed by atoms with van der Waals surface area (Å²) in [6.45, 7) is 0. The number of hydrogen-bond acceptors (Lipinski definition) is 2. The van der Waals surface area contributed by atoms with Gasteiger partial charge < -0.3 is 10.6 Å². The van der Waals surface area contributed by atoms with E-state index in [4.69, 9.17) is 0 Å². The highest BCUT2D eigenvalue weighted by Crippen LogP contribution is 2.19. The minimum absolute atomic E-state index is 0.156. The van der Waals surface area contributed by atoms with Crippen LogP contribution in [-0.4, -0.2) is 18.9 Å². The van der Waals surface area contributed by atoms with Crippen LogP contribution in [0, 0.1) is 11.6 Å². The lowest BCUT2D eigenvalue weighted by Crippen LogP contribution is -2.39. The predicted molar refractivity (Wildman–Crippen MR) is 111 cm³/mol. The average molecular weight is 408 g/mol. The summed E-state index contributed by atoms with van der Waals surface area (Å²) in [5, 5.41) is 5.09. The molecule has 6 heteroatoms. The number of amides is 2. The van der Waals surface area contributed by atoms with Gasteiger partial charge in [-0.25, -0.2) is 8.78 Å². The van der Waals surface area contributed by atoms with Crippen LogP contribution in [0.15, 0.2) is 72.8 Å². The molecule has 0 spiro atoms. The molecule has 4 nitrogen and oxygen atoms in total. The fourth-order valence-electron chi connectivity index (χ4n) is 3.23. The number of nitrogens with one attached hydrogen (secondary N) is 2. The second-order valence-corrected chi connectivity index (χ2v) is 6.84. The molecule has 0 radical (unpaired) electrons. The van der Waals surface area contributed by atoms with Crippen LogP contribution in [0.4, 0.5) is 8.78 Å². The van der Waals surface area contributed by atoms with Gasteiger partial charge in [0.05, 0.1) is 0 Å². The number of hydrogen-bond donors (Lipinski definition) is 2. The molecule has 0 aliphatic heterocycles. The second kappa shape index (κ2) is 9.78. The Balaban J connectivity index is 1.82. The summed E-state index contributed by atoms with van der Waals surface area (Å²) < 4.78 is 27.0. The Hall–Kier alpha value is -3.54. The number of benzene rings is 3. The lowest BCUT2D eigenvalue weighted by molar-refractivity contribution is -0.122. The van der Waals surface area contributed by atoms with E-state index in [1.54, 1.807) is 12.1 Å². The summed E-state index contributed by atoms with van der Waals surface area (Å²) >= 11 is 0. The van der Waals surface area contributed by atoms with Gasteiger partial charge >= 0.3 is 0 Å². The van der Waals surface area contributed by atoms with E-state index >= 15 is 0 Å². The number of carbonyl (C=O) groups excluding carboxylic acids is 2. The largest absolute Gasteiger partial charge is 0.357 e. The van der Waals surface area contributed by atoms with Gasteiger partial charge in [0.15, 0.2) is 11.6 Å². The Bertz CT molecular complexity index is 1040. The molecule has 0 heterocycles. The Morgan fingerprint density at radius 1 is 0.867 bits per heavy atom. The number of carbonyl (C=O) groups is 2. The van der Waals surface area contributed by atoms with Gasteiger partial charge in [-0.1, -0.05) is 54.6 Å². The van der Waals surface area contributed by atoms with Crippen molar-refractivity contribution >= 4 is 11.8 Å². The van der Waals surface area contributed by atoms with E-state index in [1.165, 1.54) is 13.1 Å². The molecule has 1 unspecified atom stereocenters. The molecule has 0 bridgehead atoms. The van der Waals surface area contributed by atoms with Gasteiger partial charge in [0.1, 0.15) is 6.04 Å².